The first-order chi connectivity index (χ1) is 16.2. The van der Waals surface area contributed by atoms with Crippen molar-refractivity contribution in [3.8, 4) is 0 Å². The van der Waals surface area contributed by atoms with Crippen LogP contribution in [0.1, 0.15) is 55.5 Å². The number of aromatic nitrogens is 1. The molecule has 1 aromatic carbocycles. The summed E-state index contributed by atoms with van der Waals surface area (Å²) in [6.45, 7) is 10.5. The van der Waals surface area contributed by atoms with Gasteiger partial charge in [-0.1, -0.05) is 24.9 Å². The van der Waals surface area contributed by atoms with E-state index in [0.29, 0.717) is 41.6 Å². The maximum Gasteiger partial charge on any atom is 0.253 e. The van der Waals surface area contributed by atoms with Crippen LogP contribution >= 0.6 is 11.6 Å². The third kappa shape index (κ3) is 5.47. The number of nitrogens with zero attached hydrogens (tertiary/aromatic N) is 3. The summed E-state index contributed by atoms with van der Waals surface area (Å²) in [4.78, 5) is 33.8. The third-order valence-corrected chi connectivity index (χ3v) is 7.11. The van der Waals surface area contributed by atoms with E-state index in [1.54, 1.807) is 13.0 Å². The second-order valence-electron chi connectivity index (χ2n) is 9.22. The Bertz CT molecular complexity index is 1080. The summed E-state index contributed by atoms with van der Waals surface area (Å²) in [5.41, 5.74) is 3.04. The highest BCUT2D eigenvalue weighted by Gasteiger charge is 2.26. The first-order valence-electron chi connectivity index (χ1n) is 12.1. The quantitative estimate of drug-likeness (QED) is 0.512. The zero-order valence-corrected chi connectivity index (χ0v) is 21.6. The van der Waals surface area contributed by atoms with Crippen LogP contribution in [0.3, 0.4) is 0 Å². The van der Waals surface area contributed by atoms with E-state index in [0.717, 1.165) is 43.7 Å². The number of hydrogen-bond donors (Lipinski definition) is 1. The molecule has 0 spiro atoms. The van der Waals surface area contributed by atoms with Crippen LogP contribution in [-0.4, -0.2) is 49.0 Å². The number of aromatic amines is 1. The molecule has 8 heteroatoms. The molecule has 186 valence electrons. The Morgan fingerprint density at radius 1 is 1.18 bits per heavy atom. The number of rotatable bonds is 9. The Morgan fingerprint density at radius 3 is 2.41 bits per heavy atom. The SMILES string of the molecule is CCCc1c(F)c(C)[nH]c(=O)c1CN(C=O)c1cc(Cl)cc(N(CC)C2CCN(C)CC2)c1C. The summed E-state index contributed by atoms with van der Waals surface area (Å²) in [6, 6.07) is 4.09. The topological polar surface area (TPSA) is 59.7 Å². The Morgan fingerprint density at radius 2 is 1.82 bits per heavy atom. The summed E-state index contributed by atoms with van der Waals surface area (Å²) in [7, 11) is 2.14. The van der Waals surface area contributed by atoms with Gasteiger partial charge in [0.25, 0.3) is 5.56 Å². The van der Waals surface area contributed by atoms with Crippen molar-refractivity contribution >= 4 is 29.4 Å². The molecule has 2 aromatic rings. The summed E-state index contributed by atoms with van der Waals surface area (Å²) in [6.07, 6.45) is 3.93. The number of nitrogens with one attached hydrogen (secondary N) is 1. The minimum Gasteiger partial charge on any atom is -0.368 e. The minimum atomic E-state index is -0.412. The Hall–Kier alpha value is -2.38. The van der Waals surface area contributed by atoms with Crippen LogP contribution in [0, 0.1) is 19.7 Å². The average Bonchev–Trinajstić information content (AvgIpc) is 2.81. The first kappa shape index (κ1) is 26.2. The van der Waals surface area contributed by atoms with Gasteiger partial charge in [0.05, 0.1) is 17.9 Å². The van der Waals surface area contributed by atoms with Crippen molar-refractivity contribution < 1.29 is 9.18 Å². The lowest BCUT2D eigenvalue weighted by Gasteiger charge is -2.39. The fraction of sp³-hybridized carbons (Fsp3) is 0.538. The number of hydrogen-bond acceptors (Lipinski definition) is 4. The lowest BCUT2D eigenvalue weighted by molar-refractivity contribution is -0.107. The highest BCUT2D eigenvalue weighted by atomic mass is 35.5. The first-order valence-corrected chi connectivity index (χ1v) is 12.5. The zero-order chi connectivity index (χ0) is 25.0. The number of carbonyl (C=O) groups excluding carboxylic acids is 1. The van der Waals surface area contributed by atoms with Gasteiger partial charge in [-0.25, -0.2) is 4.39 Å². The molecule has 1 aliphatic rings. The van der Waals surface area contributed by atoms with Crippen LogP contribution in [0.2, 0.25) is 5.02 Å². The Labute approximate surface area is 206 Å². The van der Waals surface area contributed by atoms with E-state index >= 15 is 0 Å². The molecule has 1 N–H and O–H groups in total. The molecule has 0 saturated carbocycles. The summed E-state index contributed by atoms with van der Waals surface area (Å²) in [5.74, 6) is -0.412. The number of H-pyrrole nitrogens is 1. The maximum atomic E-state index is 14.9. The van der Waals surface area contributed by atoms with Gasteiger partial charge >= 0.3 is 0 Å². The zero-order valence-electron chi connectivity index (χ0n) is 20.9. The van der Waals surface area contributed by atoms with E-state index in [2.05, 4.69) is 28.8 Å². The van der Waals surface area contributed by atoms with Crippen molar-refractivity contribution in [2.75, 3.05) is 36.5 Å². The fourth-order valence-corrected chi connectivity index (χ4v) is 5.21. The van der Waals surface area contributed by atoms with Crippen molar-refractivity contribution in [1.29, 1.82) is 0 Å². The van der Waals surface area contributed by atoms with Gasteiger partial charge in [0.1, 0.15) is 5.82 Å². The second kappa shape index (κ2) is 11.4. The summed E-state index contributed by atoms with van der Waals surface area (Å²) in [5, 5.41) is 0.520. The largest absolute Gasteiger partial charge is 0.368 e. The summed E-state index contributed by atoms with van der Waals surface area (Å²) >= 11 is 6.54. The molecule has 1 aromatic heterocycles. The number of anilines is 2. The van der Waals surface area contributed by atoms with Gasteiger partial charge in [0.15, 0.2) is 0 Å². The standard InChI is InChI=1S/C26H36ClFN4O2/c1-6-8-21-22(26(34)29-18(4)25(21)28)15-31(16-33)23-13-19(27)14-24(17(23)3)32(7-2)20-9-11-30(5)12-10-20/h13-14,16,20H,6-12,15H2,1-5H3,(H,29,34). The Balaban J connectivity index is 2.03. The number of pyridine rings is 1. The van der Waals surface area contributed by atoms with Gasteiger partial charge in [0.2, 0.25) is 6.41 Å². The third-order valence-electron chi connectivity index (χ3n) is 6.90. The molecule has 34 heavy (non-hydrogen) atoms. The summed E-state index contributed by atoms with van der Waals surface area (Å²) < 4.78 is 14.9. The van der Waals surface area contributed by atoms with E-state index in [1.165, 1.54) is 4.90 Å². The number of piperidine rings is 1. The molecule has 0 unspecified atom stereocenters. The number of aryl methyl sites for hydroxylation is 1. The van der Waals surface area contributed by atoms with E-state index in [-0.39, 0.29) is 23.4 Å². The molecule has 2 heterocycles. The molecule has 0 radical (unpaired) electrons. The number of carbonyl (C=O) groups is 1. The van der Waals surface area contributed by atoms with E-state index in [4.69, 9.17) is 11.6 Å². The molecule has 0 bridgehead atoms. The van der Waals surface area contributed by atoms with Crippen molar-refractivity contribution in [2.45, 2.75) is 66.0 Å². The monoisotopic (exact) mass is 490 g/mol. The maximum absolute atomic E-state index is 14.9. The predicted octanol–water partition coefficient (Wildman–Crippen LogP) is 4.82. The number of likely N-dealkylation sites (tertiary alicyclic amines) is 1. The highest BCUT2D eigenvalue weighted by molar-refractivity contribution is 6.31. The molecular formula is C26H36ClFN4O2. The average molecular weight is 491 g/mol. The number of halogens is 2. The van der Waals surface area contributed by atoms with Crippen molar-refractivity contribution in [3.05, 3.63) is 55.7 Å². The molecule has 1 amide bonds. The van der Waals surface area contributed by atoms with Gasteiger partial charge in [0, 0.05) is 34.4 Å². The molecule has 1 saturated heterocycles. The van der Waals surface area contributed by atoms with Crippen LogP contribution < -0.4 is 15.4 Å². The minimum absolute atomic E-state index is 0.0215. The number of benzene rings is 1. The molecule has 1 fully saturated rings. The normalized spacial score (nSPS) is 14.9. The van der Waals surface area contributed by atoms with Gasteiger partial charge in [-0.05, 0) is 77.9 Å². The van der Waals surface area contributed by atoms with E-state index < -0.39 is 5.82 Å². The molecule has 3 rings (SSSR count). The van der Waals surface area contributed by atoms with E-state index in [9.17, 15) is 14.0 Å². The molecular weight excluding hydrogens is 455 g/mol. The van der Waals surface area contributed by atoms with Crippen LogP contribution in [0.5, 0.6) is 0 Å². The smallest absolute Gasteiger partial charge is 0.253 e. The van der Waals surface area contributed by atoms with Crippen LogP contribution in [-0.2, 0) is 17.8 Å². The van der Waals surface area contributed by atoms with Gasteiger partial charge in [-0.2, -0.15) is 0 Å². The second-order valence-corrected chi connectivity index (χ2v) is 9.66. The molecule has 0 atom stereocenters. The molecule has 0 aliphatic carbocycles. The van der Waals surface area contributed by atoms with Crippen LogP contribution in [0.15, 0.2) is 16.9 Å². The van der Waals surface area contributed by atoms with Crippen molar-refractivity contribution in [1.82, 2.24) is 9.88 Å². The molecule has 6 nitrogen and oxygen atoms in total. The lowest BCUT2D eigenvalue weighted by atomic mass is 10.00. The highest BCUT2D eigenvalue weighted by Crippen LogP contribution is 2.36. The van der Waals surface area contributed by atoms with Crippen molar-refractivity contribution in [2.24, 2.45) is 0 Å². The fourth-order valence-electron chi connectivity index (χ4n) is 5.00. The van der Waals surface area contributed by atoms with Gasteiger partial charge in [-0.3, -0.25) is 9.59 Å². The van der Waals surface area contributed by atoms with E-state index in [1.807, 2.05) is 19.9 Å². The molecule has 1 aliphatic heterocycles. The lowest BCUT2D eigenvalue weighted by Crippen LogP contribution is -2.44. The van der Waals surface area contributed by atoms with Crippen molar-refractivity contribution in [3.63, 3.8) is 0 Å². The number of amides is 1. The van der Waals surface area contributed by atoms with Gasteiger partial charge in [-0.15, -0.1) is 0 Å². The van der Waals surface area contributed by atoms with Crippen LogP contribution in [0.25, 0.3) is 0 Å². The van der Waals surface area contributed by atoms with Crippen LogP contribution in [0.4, 0.5) is 15.8 Å². The Kier molecular flexibility index (Phi) is 8.77. The predicted molar refractivity (Wildman–Crippen MR) is 138 cm³/mol. The van der Waals surface area contributed by atoms with Gasteiger partial charge < -0.3 is 19.7 Å².